The van der Waals surface area contributed by atoms with Crippen LogP contribution in [0.3, 0.4) is 0 Å². The number of hydrogen-bond donors (Lipinski definition) is 3. The van der Waals surface area contributed by atoms with Gasteiger partial charge < -0.3 is 10.4 Å². The molecule has 8 heteroatoms. The summed E-state index contributed by atoms with van der Waals surface area (Å²) in [5, 5.41) is 17.9. The van der Waals surface area contributed by atoms with Crippen LogP contribution in [0.15, 0.2) is 22.3 Å². The van der Waals surface area contributed by atoms with E-state index in [9.17, 15) is 9.59 Å². The van der Waals surface area contributed by atoms with Gasteiger partial charge in [0.25, 0.3) is 0 Å². The molecule has 0 aliphatic heterocycles. The average Bonchev–Trinajstić information content (AvgIpc) is 2.99. The Labute approximate surface area is 117 Å². The zero-order chi connectivity index (χ0) is 13.7. The van der Waals surface area contributed by atoms with E-state index in [-0.39, 0.29) is 5.56 Å². The molecule has 0 unspecified atom stereocenters. The molecule has 0 aromatic carbocycles. The molecule has 2 heterocycles. The van der Waals surface area contributed by atoms with Gasteiger partial charge in [0.05, 0.1) is 16.8 Å². The maximum absolute atomic E-state index is 11.6. The highest BCUT2D eigenvalue weighted by molar-refractivity contribution is 7.14. The van der Waals surface area contributed by atoms with Gasteiger partial charge in [-0.2, -0.15) is 0 Å². The lowest BCUT2D eigenvalue weighted by Crippen LogP contribution is -2.30. The Kier molecular flexibility index (Phi) is 4.48. The van der Waals surface area contributed by atoms with Gasteiger partial charge in [-0.15, -0.1) is 22.7 Å². The lowest BCUT2D eigenvalue weighted by molar-refractivity contribution is 0.0698. The Bertz CT molecular complexity index is 566. The van der Waals surface area contributed by atoms with Crippen molar-refractivity contribution in [3.8, 4) is 0 Å². The number of aromatic nitrogens is 1. The maximum atomic E-state index is 11.6. The summed E-state index contributed by atoms with van der Waals surface area (Å²) in [5.41, 5.74) is 2.76. The van der Waals surface area contributed by atoms with Gasteiger partial charge in [0.15, 0.2) is 0 Å². The summed E-state index contributed by atoms with van der Waals surface area (Å²) in [7, 11) is 0. The van der Waals surface area contributed by atoms with E-state index in [1.807, 2.05) is 5.38 Å². The molecule has 0 atom stereocenters. The number of anilines is 1. The molecular weight excluding hydrogens is 286 g/mol. The normalized spacial score (nSPS) is 10.1. The number of carboxylic acid groups (broad SMARTS) is 1. The number of hydrogen-bond acceptors (Lipinski definition) is 5. The molecule has 0 bridgehead atoms. The van der Waals surface area contributed by atoms with Crippen LogP contribution in [-0.2, 0) is 6.42 Å². The predicted octanol–water partition coefficient (Wildman–Crippen LogP) is 2.27. The molecule has 2 aromatic rings. The molecule has 0 saturated carbocycles. The van der Waals surface area contributed by atoms with E-state index >= 15 is 0 Å². The van der Waals surface area contributed by atoms with Gasteiger partial charge in [0.1, 0.15) is 5.00 Å². The third kappa shape index (κ3) is 3.76. The molecule has 2 amide bonds. The van der Waals surface area contributed by atoms with Crippen LogP contribution >= 0.6 is 22.7 Å². The number of amides is 2. The van der Waals surface area contributed by atoms with Crippen LogP contribution in [0, 0.1) is 0 Å². The van der Waals surface area contributed by atoms with Crippen LogP contribution < -0.4 is 10.6 Å². The fourth-order valence-corrected chi connectivity index (χ4v) is 2.75. The first-order valence-electron chi connectivity index (χ1n) is 5.39. The van der Waals surface area contributed by atoms with Crippen molar-refractivity contribution in [3.63, 3.8) is 0 Å². The molecule has 0 aliphatic rings. The number of rotatable bonds is 5. The molecule has 3 N–H and O–H groups in total. The maximum Gasteiger partial charge on any atom is 0.338 e. The van der Waals surface area contributed by atoms with E-state index < -0.39 is 12.0 Å². The second kappa shape index (κ2) is 6.30. The summed E-state index contributed by atoms with van der Waals surface area (Å²) in [5.74, 6) is -1.06. The van der Waals surface area contributed by atoms with Crippen LogP contribution in [0.25, 0.3) is 0 Å². The summed E-state index contributed by atoms with van der Waals surface area (Å²) in [4.78, 5) is 26.5. The number of carbonyl (C=O) groups is 2. The minimum absolute atomic E-state index is 0.0969. The van der Waals surface area contributed by atoms with Gasteiger partial charge in [0.2, 0.25) is 0 Å². The van der Waals surface area contributed by atoms with E-state index in [4.69, 9.17) is 5.11 Å². The van der Waals surface area contributed by atoms with Crippen LogP contribution in [0.5, 0.6) is 0 Å². The molecule has 2 aromatic heterocycles. The highest BCUT2D eigenvalue weighted by Gasteiger charge is 2.13. The Balaban J connectivity index is 1.81. The number of thiophene rings is 1. The van der Waals surface area contributed by atoms with E-state index in [0.717, 1.165) is 5.69 Å². The third-order valence-electron chi connectivity index (χ3n) is 2.27. The second-order valence-corrected chi connectivity index (χ2v) is 5.21. The van der Waals surface area contributed by atoms with Crippen molar-refractivity contribution < 1.29 is 14.7 Å². The molecule has 2 rings (SSSR count). The van der Waals surface area contributed by atoms with Crippen molar-refractivity contribution in [1.29, 1.82) is 0 Å². The minimum atomic E-state index is -1.06. The minimum Gasteiger partial charge on any atom is -0.478 e. The lowest BCUT2D eigenvalue weighted by Gasteiger charge is -2.06. The van der Waals surface area contributed by atoms with Crippen LogP contribution in [0.4, 0.5) is 9.80 Å². The van der Waals surface area contributed by atoms with Gasteiger partial charge in [-0.25, -0.2) is 14.6 Å². The first-order chi connectivity index (χ1) is 9.16. The zero-order valence-electron chi connectivity index (χ0n) is 9.75. The van der Waals surface area contributed by atoms with Crippen molar-refractivity contribution in [3.05, 3.63) is 33.6 Å². The van der Waals surface area contributed by atoms with Gasteiger partial charge in [-0.3, -0.25) is 5.32 Å². The molecule has 0 fully saturated rings. The molecule has 0 spiro atoms. The zero-order valence-corrected chi connectivity index (χ0v) is 11.4. The number of thiazole rings is 1. The number of carboxylic acids is 1. The van der Waals surface area contributed by atoms with Gasteiger partial charge in [-0.1, -0.05) is 0 Å². The molecule has 0 radical (unpaired) electrons. The fourth-order valence-electron chi connectivity index (χ4n) is 1.39. The molecular formula is C11H11N3O3S2. The van der Waals surface area contributed by atoms with E-state index in [0.29, 0.717) is 18.0 Å². The van der Waals surface area contributed by atoms with Crippen LogP contribution in [0.1, 0.15) is 16.1 Å². The highest BCUT2D eigenvalue weighted by atomic mass is 32.1. The highest BCUT2D eigenvalue weighted by Crippen LogP contribution is 2.22. The van der Waals surface area contributed by atoms with E-state index in [1.54, 1.807) is 10.9 Å². The Morgan fingerprint density at radius 2 is 2.26 bits per heavy atom. The quantitative estimate of drug-likeness (QED) is 0.789. The monoisotopic (exact) mass is 297 g/mol. The molecule has 6 nitrogen and oxygen atoms in total. The van der Waals surface area contributed by atoms with Crippen molar-refractivity contribution in [2.75, 3.05) is 11.9 Å². The van der Waals surface area contributed by atoms with Crippen LogP contribution in [0.2, 0.25) is 0 Å². The standard InChI is InChI=1S/C11H11N3O3S2/c15-10(16)8-2-4-19-9(8)14-11(17)12-3-1-7-5-18-6-13-7/h2,4-6H,1,3H2,(H,15,16)(H2,12,14,17). The van der Waals surface area contributed by atoms with Gasteiger partial charge >= 0.3 is 12.0 Å². The SMILES string of the molecule is O=C(NCCc1cscn1)Nc1sccc1C(=O)O. The summed E-state index contributed by atoms with van der Waals surface area (Å²) in [6, 6.07) is 1.04. The molecule has 19 heavy (non-hydrogen) atoms. The van der Waals surface area contributed by atoms with E-state index in [2.05, 4.69) is 15.6 Å². The molecule has 0 aliphatic carbocycles. The summed E-state index contributed by atoms with van der Waals surface area (Å²) >= 11 is 2.68. The number of nitrogens with zero attached hydrogens (tertiary/aromatic N) is 1. The third-order valence-corrected chi connectivity index (χ3v) is 3.74. The predicted molar refractivity (Wildman–Crippen MR) is 74.1 cm³/mol. The topological polar surface area (TPSA) is 91.3 Å². The second-order valence-electron chi connectivity index (χ2n) is 3.58. The Hall–Kier alpha value is -1.93. The smallest absolute Gasteiger partial charge is 0.338 e. The summed E-state index contributed by atoms with van der Waals surface area (Å²) in [6.07, 6.45) is 0.646. The van der Waals surface area contributed by atoms with Gasteiger partial charge in [0, 0.05) is 18.3 Å². The summed E-state index contributed by atoms with van der Waals surface area (Å²) < 4.78 is 0. The first-order valence-corrected chi connectivity index (χ1v) is 7.22. The number of aromatic carboxylic acids is 1. The van der Waals surface area contributed by atoms with Gasteiger partial charge in [-0.05, 0) is 11.4 Å². The largest absolute Gasteiger partial charge is 0.478 e. The Morgan fingerprint density at radius 1 is 1.42 bits per heavy atom. The number of urea groups is 1. The lowest BCUT2D eigenvalue weighted by atomic mass is 10.3. The summed E-state index contributed by atoms with van der Waals surface area (Å²) in [6.45, 7) is 0.448. The molecule has 0 saturated heterocycles. The van der Waals surface area contributed by atoms with Crippen molar-refractivity contribution in [1.82, 2.24) is 10.3 Å². The van der Waals surface area contributed by atoms with Crippen molar-refractivity contribution >= 4 is 39.7 Å². The van der Waals surface area contributed by atoms with E-state index in [1.165, 1.54) is 28.7 Å². The average molecular weight is 297 g/mol. The molecule has 100 valence electrons. The fraction of sp³-hybridized carbons (Fsp3) is 0.182. The van der Waals surface area contributed by atoms with Crippen LogP contribution in [-0.4, -0.2) is 28.6 Å². The number of carbonyl (C=O) groups excluding carboxylic acids is 1. The van der Waals surface area contributed by atoms with Crippen molar-refractivity contribution in [2.45, 2.75) is 6.42 Å². The number of nitrogens with one attached hydrogen (secondary N) is 2. The van der Waals surface area contributed by atoms with Crippen molar-refractivity contribution in [2.24, 2.45) is 0 Å². The Morgan fingerprint density at radius 3 is 2.95 bits per heavy atom. The first kappa shape index (κ1) is 13.5.